The molecule has 2 nitrogen and oxygen atoms in total. The number of rotatable bonds is 3. The first-order valence-corrected chi connectivity index (χ1v) is 7.09. The molecule has 0 spiro atoms. The number of likely N-dealkylation sites (tertiary alicyclic amines) is 1. The molecule has 0 bridgehead atoms. The maximum absolute atomic E-state index is 3.56. The van der Waals surface area contributed by atoms with Gasteiger partial charge < -0.3 is 10.2 Å². The van der Waals surface area contributed by atoms with Crippen molar-refractivity contribution in [1.82, 2.24) is 10.2 Å². The molecule has 94 valence electrons. The van der Waals surface area contributed by atoms with Crippen LogP contribution in [0.1, 0.15) is 46.5 Å². The zero-order valence-electron chi connectivity index (χ0n) is 11.3. The first-order valence-electron chi connectivity index (χ1n) is 7.09. The van der Waals surface area contributed by atoms with Crippen molar-refractivity contribution in [2.45, 2.75) is 52.5 Å². The Hall–Kier alpha value is -0.0800. The van der Waals surface area contributed by atoms with Gasteiger partial charge in [-0.25, -0.2) is 0 Å². The van der Waals surface area contributed by atoms with Crippen molar-refractivity contribution < 1.29 is 0 Å². The fourth-order valence-electron chi connectivity index (χ4n) is 3.12. The molecule has 0 aromatic heterocycles. The molecule has 1 N–H and O–H groups in total. The van der Waals surface area contributed by atoms with Crippen molar-refractivity contribution in [1.29, 1.82) is 0 Å². The molecule has 0 radical (unpaired) electrons. The number of piperidine rings is 1. The van der Waals surface area contributed by atoms with Crippen LogP contribution in [0.15, 0.2) is 0 Å². The van der Waals surface area contributed by atoms with Crippen molar-refractivity contribution >= 4 is 0 Å². The SMILES string of the molecule is CCC1(C)CCN(CC2CCNC2C)CC1. The second kappa shape index (κ2) is 5.05. The topological polar surface area (TPSA) is 15.3 Å². The maximum Gasteiger partial charge on any atom is 0.00796 e. The highest BCUT2D eigenvalue weighted by Crippen LogP contribution is 2.34. The lowest BCUT2D eigenvalue weighted by Gasteiger charge is -2.40. The summed E-state index contributed by atoms with van der Waals surface area (Å²) in [6.07, 6.45) is 5.53. The quantitative estimate of drug-likeness (QED) is 0.792. The Bertz CT molecular complexity index is 219. The molecule has 0 aromatic carbocycles. The van der Waals surface area contributed by atoms with Crippen LogP contribution in [0.5, 0.6) is 0 Å². The summed E-state index contributed by atoms with van der Waals surface area (Å²) >= 11 is 0. The monoisotopic (exact) mass is 224 g/mol. The van der Waals surface area contributed by atoms with E-state index < -0.39 is 0 Å². The van der Waals surface area contributed by atoms with Crippen LogP contribution in [0, 0.1) is 11.3 Å². The number of hydrogen-bond donors (Lipinski definition) is 1. The van der Waals surface area contributed by atoms with Gasteiger partial charge in [-0.2, -0.15) is 0 Å². The van der Waals surface area contributed by atoms with Crippen LogP contribution in [0.3, 0.4) is 0 Å². The van der Waals surface area contributed by atoms with Gasteiger partial charge in [0.15, 0.2) is 0 Å². The zero-order chi connectivity index (χ0) is 11.6. The number of hydrogen-bond acceptors (Lipinski definition) is 2. The zero-order valence-corrected chi connectivity index (χ0v) is 11.3. The van der Waals surface area contributed by atoms with Gasteiger partial charge in [-0.15, -0.1) is 0 Å². The van der Waals surface area contributed by atoms with E-state index in [1.807, 2.05) is 0 Å². The van der Waals surface area contributed by atoms with Crippen LogP contribution in [-0.4, -0.2) is 37.1 Å². The molecule has 0 aromatic rings. The van der Waals surface area contributed by atoms with Gasteiger partial charge in [0.2, 0.25) is 0 Å². The third-order valence-electron chi connectivity index (χ3n) is 5.10. The van der Waals surface area contributed by atoms with Gasteiger partial charge in [-0.05, 0) is 57.2 Å². The van der Waals surface area contributed by atoms with Crippen molar-refractivity contribution in [3.05, 3.63) is 0 Å². The normalized spacial score (nSPS) is 35.4. The molecular weight excluding hydrogens is 196 g/mol. The molecule has 2 heterocycles. The largest absolute Gasteiger partial charge is 0.314 e. The average Bonchev–Trinajstić information content (AvgIpc) is 2.68. The molecule has 2 atom stereocenters. The van der Waals surface area contributed by atoms with Crippen LogP contribution < -0.4 is 5.32 Å². The minimum absolute atomic E-state index is 0.635. The van der Waals surface area contributed by atoms with E-state index in [-0.39, 0.29) is 0 Å². The summed E-state index contributed by atoms with van der Waals surface area (Å²) in [5.41, 5.74) is 0.635. The van der Waals surface area contributed by atoms with Crippen LogP contribution in [-0.2, 0) is 0 Å². The Labute approximate surface area is 101 Å². The summed E-state index contributed by atoms with van der Waals surface area (Å²) in [4.78, 5) is 2.70. The lowest BCUT2D eigenvalue weighted by atomic mass is 9.78. The van der Waals surface area contributed by atoms with Gasteiger partial charge in [0.1, 0.15) is 0 Å². The van der Waals surface area contributed by atoms with E-state index in [1.165, 1.54) is 51.9 Å². The second-order valence-corrected chi connectivity index (χ2v) is 6.26. The van der Waals surface area contributed by atoms with E-state index in [0.29, 0.717) is 5.41 Å². The molecular formula is C14H28N2. The fourth-order valence-corrected chi connectivity index (χ4v) is 3.12. The third-order valence-corrected chi connectivity index (χ3v) is 5.10. The molecule has 2 unspecified atom stereocenters. The number of nitrogens with zero attached hydrogens (tertiary/aromatic N) is 1. The Balaban J connectivity index is 1.77. The van der Waals surface area contributed by atoms with Gasteiger partial charge in [-0.3, -0.25) is 0 Å². The molecule has 0 aliphatic carbocycles. The van der Waals surface area contributed by atoms with Gasteiger partial charge >= 0.3 is 0 Å². The molecule has 0 amide bonds. The number of nitrogens with one attached hydrogen (secondary N) is 1. The molecule has 2 aliphatic heterocycles. The minimum Gasteiger partial charge on any atom is -0.314 e. The lowest BCUT2D eigenvalue weighted by molar-refractivity contribution is 0.0999. The molecule has 2 rings (SSSR count). The summed E-state index contributed by atoms with van der Waals surface area (Å²) in [6.45, 7) is 12.4. The summed E-state index contributed by atoms with van der Waals surface area (Å²) < 4.78 is 0. The third kappa shape index (κ3) is 2.78. The minimum atomic E-state index is 0.635. The maximum atomic E-state index is 3.56. The van der Waals surface area contributed by atoms with E-state index in [0.717, 1.165) is 12.0 Å². The van der Waals surface area contributed by atoms with Crippen molar-refractivity contribution in [3.63, 3.8) is 0 Å². The van der Waals surface area contributed by atoms with E-state index in [4.69, 9.17) is 0 Å². The van der Waals surface area contributed by atoms with Crippen LogP contribution in [0.4, 0.5) is 0 Å². The molecule has 2 heteroatoms. The van der Waals surface area contributed by atoms with Crippen molar-refractivity contribution in [3.8, 4) is 0 Å². The van der Waals surface area contributed by atoms with Crippen LogP contribution in [0.25, 0.3) is 0 Å². The van der Waals surface area contributed by atoms with Crippen LogP contribution in [0.2, 0.25) is 0 Å². The molecule has 2 aliphatic rings. The van der Waals surface area contributed by atoms with Gasteiger partial charge in [0, 0.05) is 12.6 Å². The Morgan fingerprint density at radius 3 is 2.50 bits per heavy atom. The Morgan fingerprint density at radius 1 is 1.31 bits per heavy atom. The smallest absolute Gasteiger partial charge is 0.00796 e. The van der Waals surface area contributed by atoms with Crippen molar-refractivity contribution in [2.24, 2.45) is 11.3 Å². The van der Waals surface area contributed by atoms with Crippen LogP contribution >= 0.6 is 0 Å². The van der Waals surface area contributed by atoms with E-state index in [2.05, 4.69) is 31.0 Å². The van der Waals surface area contributed by atoms with Crippen molar-refractivity contribution in [2.75, 3.05) is 26.2 Å². The highest BCUT2D eigenvalue weighted by atomic mass is 15.1. The summed E-state index contributed by atoms with van der Waals surface area (Å²) in [5.74, 6) is 0.894. The lowest BCUT2D eigenvalue weighted by Crippen LogP contribution is -2.42. The Morgan fingerprint density at radius 2 is 2.00 bits per heavy atom. The highest BCUT2D eigenvalue weighted by molar-refractivity contribution is 4.86. The van der Waals surface area contributed by atoms with Gasteiger partial charge in [0.25, 0.3) is 0 Å². The molecule has 16 heavy (non-hydrogen) atoms. The first kappa shape index (κ1) is 12.4. The fraction of sp³-hybridized carbons (Fsp3) is 1.00. The van der Waals surface area contributed by atoms with E-state index in [1.54, 1.807) is 0 Å². The predicted molar refractivity (Wildman–Crippen MR) is 69.6 cm³/mol. The molecule has 0 saturated carbocycles. The van der Waals surface area contributed by atoms with Gasteiger partial charge in [-0.1, -0.05) is 20.3 Å². The summed E-state index contributed by atoms with van der Waals surface area (Å²) in [7, 11) is 0. The summed E-state index contributed by atoms with van der Waals surface area (Å²) in [6, 6.07) is 0.736. The second-order valence-electron chi connectivity index (χ2n) is 6.26. The van der Waals surface area contributed by atoms with Gasteiger partial charge in [0.05, 0.1) is 0 Å². The Kier molecular flexibility index (Phi) is 3.91. The van der Waals surface area contributed by atoms with E-state index in [9.17, 15) is 0 Å². The summed E-state index contributed by atoms with van der Waals surface area (Å²) in [5, 5.41) is 3.56. The predicted octanol–water partition coefficient (Wildman–Crippen LogP) is 2.50. The highest BCUT2D eigenvalue weighted by Gasteiger charge is 2.31. The first-order chi connectivity index (χ1) is 7.63. The van der Waals surface area contributed by atoms with E-state index >= 15 is 0 Å². The molecule has 2 saturated heterocycles. The standard InChI is InChI=1S/C14H28N2/c1-4-14(3)6-9-16(10-7-14)11-13-5-8-15-12(13)2/h12-13,15H,4-11H2,1-3H3. The molecule has 2 fully saturated rings. The average molecular weight is 224 g/mol.